The summed E-state index contributed by atoms with van der Waals surface area (Å²) in [5.41, 5.74) is 7.58. The molecule has 0 bridgehead atoms. The molecule has 1 fully saturated rings. The monoisotopic (exact) mass is 230 g/mol. The van der Waals surface area contributed by atoms with Crippen molar-refractivity contribution in [1.82, 2.24) is 5.32 Å². The first-order valence-corrected chi connectivity index (χ1v) is 5.42. The fourth-order valence-corrected chi connectivity index (χ4v) is 2.35. The van der Waals surface area contributed by atoms with Crippen LogP contribution in [-0.4, -0.2) is 6.54 Å². The highest BCUT2D eigenvalue weighted by molar-refractivity contribution is 6.36. The van der Waals surface area contributed by atoms with Crippen LogP contribution in [-0.2, 0) is 0 Å². The van der Waals surface area contributed by atoms with E-state index in [-0.39, 0.29) is 0 Å². The third kappa shape index (κ3) is 1.83. The predicted octanol–water partition coefficient (Wildman–Crippen LogP) is 3.00. The van der Waals surface area contributed by atoms with Gasteiger partial charge >= 0.3 is 0 Å². The van der Waals surface area contributed by atoms with Crippen molar-refractivity contribution in [3.05, 3.63) is 27.7 Å². The molecule has 2 rings (SSSR count). The van der Waals surface area contributed by atoms with Gasteiger partial charge in [0.25, 0.3) is 0 Å². The number of benzene rings is 1. The first-order chi connectivity index (χ1) is 6.68. The summed E-state index contributed by atoms with van der Waals surface area (Å²) >= 11 is 11.9. The predicted molar refractivity (Wildman–Crippen MR) is 60.9 cm³/mol. The number of halogens is 2. The van der Waals surface area contributed by atoms with Gasteiger partial charge in [0.2, 0.25) is 0 Å². The van der Waals surface area contributed by atoms with Crippen LogP contribution in [0.3, 0.4) is 0 Å². The van der Waals surface area contributed by atoms with E-state index in [1.807, 2.05) is 6.07 Å². The molecule has 1 aliphatic heterocycles. The van der Waals surface area contributed by atoms with E-state index in [0.29, 0.717) is 21.8 Å². The molecule has 2 nitrogen and oxygen atoms in total. The smallest absolute Gasteiger partial charge is 0.0653 e. The minimum Gasteiger partial charge on any atom is -0.397 e. The third-order valence-corrected chi connectivity index (χ3v) is 3.09. The lowest BCUT2D eigenvalue weighted by Gasteiger charge is -2.14. The third-order valence-electron chi connectivity index (χ3n) is 2.56. The average Bonchev–Trinajstić information content (AvgIpc) is 2.63. The van der Waals surface area contributed by atoms with Crippen molar-refractivity contribution in [3.8, 4) is 0 Å². The zero-order chi connectivity index (χ0) is 10.1. The number of rotatable bonds is 1. The molecule has 0 spiro atoms. The summed E-state index contributed by atoms with van der Waals surface area (Å²) in [7, 11) is 0. The number of nitrogen functional groups attached to an aromatic ring is 1. The van der Waals surface area contributed by atoms with Crippen molar-refractivity contribution in [3.63, 3.8) is 0 Å². The Kier molecular flexibility index (Phi) is 2.86. The van der Waals surface area contributed by atoms with Crippen molar-refractivity contribution in [2.45, 2.75) is 18.9 Å². The Balaban J connectivity index is 2.40. The molecule has 1 atom stereocenters. The van der Waals surface area contributed by atoms with E-state index in [2.05, 4.69) is 5.32 Å². The molecule has 0 aromatic heterocycles. The molecule has 0 radical (unpaired) electrons. The second kappa shape index (κ2) is 3.97. The molecule has 1 aliphatic rings. The van der Waals surface area contributed by atoms with Crippen LogP contribution < -0.4 is 11.1 Å². The van der Waals surface area contributed by atoms with E-state index < -0.39 is 0 Å². The lowest BCUT2D eigenvalue weighted by molar-refractivity contribution is 0.650. The molecule has 76 valence electrons. The molecule has 1 aromatic rings. The van der Waals surface area contributed by atoms with Gasteiger partial charge in [0, 0.05) is 11.1 Å². The van der Waals surface area contributed by atoms with Crippen LogP contribution in [0.5, 0.6) is 0 Å². The number of anilines is 1. The van der Waals surface area contributed by atoms with Crippen LogP contribution in [0, 0.1) is 0 Å². The maximum Gasteiger partial charge on any atom is 0.0653 e. The van der Waals surface area contributed by atoms with Crippen LogP contribution in [0.25, 0.3) is 0 Å². The van der Waals surface area contributed by atoms with Crippen LogP contribution >= 0.6 is 23.2 Å². The molecule has 0 saturated carbocycles. The Hall–Kier alpha value is -0.440. The number of hydrogen-bond donors (Lipinski definition) is 2. The Morgan fingerprint density at radius 1 is 1.36 bits per heavy atom. The van der Waals surface area contributed by atoms with Gasteiger partial charge in [-0.1, -0.05) is 23.2 Å². The zero-order valence-corrected chi connectivity index (χ0v) is 9.20. The lowest BCUT2D eigenvalue weighted by atomic mass is 10.0. The van der Waals surface area contributed by atoms with Gasteiger partial charge in [0.1, 0.15) is 0 Å². The highest BCUT2D eigenvalue weighted by Crippen LogP contribution is 2.34. The first-order valence-electron chi connectivity index (χ1n) is 4.66. The minimum absolute atomic E-state index is 0.311. The van der Waals surface area contributed by atoms with Crippen molar-refractivity contribution >= 4 is 28.9 Å². The molecule has 1 saturated heterocycles. The zero-order valence-electron chi connectivity index (χ0n) is 7.69. The first kappa shape index (κ1) is 10.1. The summed E-state index contributed by atoms with van der Waals surface area (Å²) in [6.07, 6.45) is 2.27. The largest absolute Gasteiger partial charge is 0.397 e. The van der Waals surface area contributed by atoms with E-state index in [1.165, 1.54) is 6.42 Å². The van der Waals surface area contributed by atoms with Crippen LogP contribution in [0.2, 0.25) is 10.0 Å². The van der Waals surface area contributed by atoms with E-state index >= 15 is 0 Å². The van der Waals surface area contributed by atoms with Crippen molar-refractivity contribution in [2.75, 3.05) is 12.3 Å². The van der Waals surface area contributed by atoms with Gasteiger partial charge in [-0.3, -0.25) is 0 Å². The number of nitrogens with two attached hydrogens (primary N) is 1. The van der Waals surface area contributed by atoms with Crippen LogP contribution in [0.1, 0.15) is 24.4 Å². The summed E-state index contributed by atoms with van der Waals surface area (Å²) in [5.74, 6) is 0. The molecule has 14 heavy (non-hydrogen) atoms. The average molecular weight is 231 g/mol. The molecular formula is C10H12Cl2N2. The summed E-state index contributed by atoms with van der Waals surface area (Å²) in [6.45, 7) is 1.04. The van der Waals surface area contributed by atoms with Crippen molar-refractivity contribution in [2.24, 2.45) is 0 Å². The van der Waals surface area contributed by atoms with E-state index in [4.69, 9.17) is 28.9 Å². The topological polar surface area (TPSA) is 38.0 Å². The van der Waals surface area contributed by atoms with Crippen LogP contribution in [0.4, 0.5) is 5.69 Å². The van der Waals surface area contributed by atoms with Gasteiger partial charge in [-0.15, -0.1) is 0 Å². The minimum atomic E-state index is 0.311. The van der Waals surface area contributed by atoms with Gasteiger partial charge in [-0.05, 0) is 37.1 Å². The molecule has 4 heteroatoms. The molecule has 1 aromatic carbocycles. The van der Waals surface area contributed by atoms with E-state index in [1.54, 1.807) is 6.07 Å². The quantitative estimate of drug-likeness (QED) is 0.729. The molecule has 0 aliphatic carbocycles. The van der Waals surface area contributed by atoms with Gasteiger partial charge in [0.15, 0.2) is 0 Å². The van der Waals surface area contributed by atoms with E-state index in [0.717, 1.165) is 18.5 Å². The second-order valence-corrected chi connectivity index (χ2v) is 4.38. The normalized spacial score (nSPS) is 21.4. The van der Waals surface area contributed by atoms with Crippen LogP contribution in [0.15, 0.2) is 12.1 Å². The number of hydrogen-bond acceptors (Lipinski definition) is 2. The number of nitrogens with one attached hydrogen (secondary N) is 1. The molecule has 0 amide bonds. The van der Waals surface area contributed by atoms with Crippen molar-refractivity contribution in [1.29, 1.82) is 0 Å². The van der Waals surface area contributed by atoms with Gasteiger partial charge in [0.05, 0.1) is 10.7 Å². The summed E-state index contributed by atoms with van der Waals surface area (Å²) in [5, 5.41) is 4.56. The Labute approximate surface area is 93.4 Å². The van der Waals surface area contributed by atoms with Gasteiger partial charge in [-0.2, -0.15) is 0 Å². The molecule has 0 unspecified atom stereocenters. The maximum atomic E-state index is 5.96. The molecule has 1 heterocycles. The Morgan fingerprint density at radius 3 is 2.79 bits per heavy atom. The maximum absolute atomic E-state index is 5.96. The fourth-order valence-electron chi connectivity index (χ4n) is 1.84. The standard InChI is InChI=1S/C10H12Cl2N2/c11-6-4-7(9-2-1-3-14-9)10(13)8(12)5-6/h4-5,9,14H,1-3,13H2/t9-/m1/s1. The summed E-state index contributed by atoms with van der Waals surface area (Å²) in [6, 6.07) is 3.88. The highest BCUT2D eigenvalue weighted by Gasteiger charge is 2.19. The van der Waals surface area contributed by atoms with Gasteiger partial charge < -0.3 is 11.1 Å². The Morgan fingerprint density at radius 2 is 2.14 bits per heavy atom. The summed E-state index contributed by atoms with van der Waals surface area (Å²) in [4.78, 5) is 0. The Bertz CT molecular complexity index is 346. The summed E-state index contributed by atoms with van der Waals surface area (Å²) < 4.78 is 0. The molecular weight excluding hydrogens is 219 g/mol. The molecule has 3 N–H and O–H groups in total. The SMILES string of the molecule is Nc1c(Cl)cc(Cl)cc1[C@H]1CCCN1. The highest BCUT2D eigenvalue weighted by atomic mass is 35.5. The van der Waals surface area contributed by atoms with E-state index in [9.17, 15) is 0 Å². The fraction of sp³-hybridized carbons (Fsp3) is 0.400. The lowest BCUT2D eigenvalue weighted by Crippen LogP contribution is -2.14. The van der Waals surface area contributed by atoms with Crippen molar-refractivity contribution < 1.29 is 0 Å². The van der Waals surface area contributed by atoms with Gasteiger partial charge in [-0.25, -0.2) is 0 Å². The second-order valence-electron chi connectivity index (χ2n) is 3.54.